The molecule has 1 aromatic rings. The second kappa shape index (κ2) is 1.87. The summed E-state index contributed by atoms with van der Waals surface area (Å²) in [5, 5.41) is 2.48. The Labute approximate surface area is 50.1 Å². The van der Waals surface area contributed by atoms with Gasteiger partial charge in [0, 0.05) is 0 Å². The molecule has 0 radical (unpaired) electrons. The first-order valence-corrected chi connectivity index (χ1v) is 2.32. The van der Waals surface area contributed by atoms with Gasteiger partial charge in [0.15, 0.2) is 0 Å². The number of hydrogen-bond acceptors (Lipinski definition) is 3. The highest BCUT2D eigenvalue weighted by molar-refractivity contribution is 7.71. The summed E-state index contributed by atoms with van der Waals surface area (Å²) in [6, 6.07) is 0. The largest absolute Gasteiger partial charge is 0.276 e. The number of hydrogen-bond donors (Lipinski definition) is 1. The maximum atomic E-state index is 9.87. The van der Waals surface area contributed by atoms with Crippen molar-refractivity contribution in [1.29, 1.82) is 0 Å². The third-order valence-corrected chi connectivity index (χ3v) is 0.834. The molecule has 0 bridgehead atoms. The van der Waals surface area contributed by atoms with Gasteiger partial charge in [-0.25, -0.2) is 9.67 Å². The molecule has 0 spiro atoms. The zero-order chi connectivity index (χ0) is 5.98. The lowest BCUT2D eigenvalue weighted by Crippen LogP contribution is -1.92. The summed E-state index contributed by atoms with van der Waals surface area (Å²) in [6.07, 6.45) is 1.90. The van der Waals surface area contributed by atoms with E-state index in [1.807, 2.05) is 0 Å². The molecule has 0 aliphatic rings. The maximum Gasteiger partial charge on any atom is 0.233 e. The Morgan fingerprint density at radius 1 is 2.00 bits per heavy atom. The van der Waals surface area contributed by atoms with E-state index < -0.39 is 0 Å². The first kappa shape index (κ1) is 5.17. The Kier molecular flexibility index (Phi) is 1.21. The van der Waals surface area contributed by atoms with Crippen LogP contribution in [0.2, 0.25) is 0 Å². The summed E-state index contributed by atoms with van der Waals surface area (Å²) in [4.78, 5) is 13.4. The number of nitrogens with zero attached hydrogens (tertiary/aromatic N) is 2. The molecule has 0 saturated carbocycles. The molecule has 5 heteroatoms. The Hall–Kier alpha value is -0.970. The maximum absolute atomic E-state index is 9.87. The average molecular weight is 129 g/mol. The van der Waals surface area contributed by atoms with Crippen molar-refractivity contribution in [3.8, 4) is 0 Å². The molecule has 0 saturated heterocycles. The van der Waals surface area contributed by atoms with Crippen molar-refractivity contribution in [1.82, 2.24) is 14.8 Å². The molecule has 42 valence electrons. The van der Waals surface area contributed by atoms with Gasteiger partial charge in [0.1, 0.15) is 6.33 Å². The van der Waals surface area contributed by atoms with Crippen LogP contribution < -0.4 is 0 Å². The zero-order valence-corrected chi connectivity index (χ0v) is 4.68. The number of carbonyl (C=O) groups excluding carboxylic acids is 1. The highest BCUT2D eigenvalue weighted by Gasteiger charge is 1.81. The van der Waals surface area contributed by atoms with Gasteiger partial charge in [0.2, 0.25) is 11.2 Å². The normalized spacial score (nSPS) is 9.00. The van der Waals surface area contributed by atoms with Crippen LogP contribution in [-0.4, -0.2) is 21.2 Å². The van der Waals surface area contributed by atoms with Crippen LogP contribution in [0.3, 0.4) is 0 Å². The summed E-state index contributed by atoms with van der Waals surface area (Å²) >= 11 is 4.55. The average Bonchev–Trinajstić information content (AvgIpc) is 2.14. The standard InChI is InChI=1S/C3H3N3OS/c7-2-6-1-4-3(8)5-6/h1-2H,(H,5,8). The van der Waals surface area contributed by atoms with Crippen LogP contribution in [0.4, 0.5) is 0 Å². The van der Waals surface area contributed by atoms with E-state index in [0.717, 1.165) is 4.68 Å². The SMILES string of the molecule is O=Cn1cnc(=S)[nH]1. The molecular formula is C3H3N3OS. The number of aromatic amines is 1. The van der Waals surface area contributed by atoms with Crippen molar-refractivity contribution >= 4 is 18.6 Å². The van der Waals surface area contributed by atoms with E-state index in [1.54, 1.807) is 0 Å². The predicted molar refractivity (Wildman–Crippen MR) is 29.6 cm³/mol. The first-order chi connectivity index (χ1) is 3.83. The summed E-state index contributed by atoms with van der Waals surface area (Å²) in [6.45, 7) is 0. The van der Waals surface area contributed by atoms with Crippen LogP contribution >= 0.6 is 12.2 Å². The molecule has 0 fully saturated rings. The molecule has 0 amide bonds. The van der Waals surface area contributed by atoms with Gasteiger partial charge in [-0.05, 0) is 12.2 Å². The number of nitrogens with one attached hydrogen (secondary N) is 1. The quantitative estimate of drug-likeness (QED) is 0.428. The van der Waals surface area contributed by atoms with Crippen molar-refractivity contribution in [3.63, 3.8) is 0 Å². The molecule has 8 heavy (non-hydrogen) atoms. The van der Waals surface area contributed by atoms with Gasteiger partial charge in [-0.2, -0.15) is 0 Å². The minimum atomic E-state index is 0.317. The van der Waals surface area contributed by atoms with E-state index >= 15 is 0 Å². The van der Waals surface area contributed by atoms with E-state index in [1.165, 1.54) is 6.33 Å². The molecule has 0 aromatic carbocycles. The third kappa shape index (κ3) is 0.812. The van der Waals surface area contributed by atoms with Crippen LogP contribution in [0.5, 0.6) is 0 Å². The number of H-pyrrole nitrogens is 1. The van der Waals surface area contributed by atoms with Crippen LogP contribution in [0.1, 0.15) is 0 Å². The van der Waals surface area contributed by atoms with Crippen LogP contribution in [-0.2, 0) is 4.79 Å². The highest BCUT2D eigenvalue weighted by Crippen LogP contribution is 1.74. The monoisotopic (exact) mass is 129 g/mol. The van der Waals surface area contributed by atoms with Crippen molar-refractivity contribution in [3.05, 3.63) is 11.1 Å². The molecule has 1 heterocycles. The Morgan fingerprint density at radius 3 is 3.00 bits per heavy atom. The fourth-order valence-corrected chi connectivity index (χ4v) is 0.489. The lowest BCUT2D eigenvalue weighted by molar-refractivity contribution is 0.540. The molecule has 4 nitrogen and oxygen atoms in total. The first-order valence-electron chi connectivity index (χ1n) is 1.91. The summed E-state index contributed by atoms with van der Waals surface area (Å²) < 4.78 is 1.46. The van der Waals surface area contributed by atoms with Gasteiger partial charge in [-0.3, -0.25) is 9.89 Å². The fraction of sp³-hybridized carbons (Fsp3) is 0. The summed E-state index contributed by atoms with van der Waals surface area (Å²) in [5.41, 5.74) is 0. The number of rotatable bonds is 1. The Balaban J connectivity index is 3.18. The topological polar surface area (TPSA) is 50.7 Å². The number of carbonyl (C=O) groups is 1. The molecule has 1 N–H and O–H groups in total. The molecule has 0 atom stereocenters. The Bertz CT molecular complexity index is 237. The fourth-order valence-electron chi connectivity index (χ4n) is 0.336. The van der Waals surface area contributed by atoms with Gasteiger partial charge in [-0.1, -0.05) is 0 Å². The van der Waals surface area contributed by atoms with Crippen molar-refractivity contribution in [2.75, 3.05) is 0 Å². The zero-order valence-electron chi connectivity index (χ0n) is 3.87. The Morgan fingerprint density at radius 2 is 2.75 bits per heavy atom. The molecule has 1 rings (SSSR count). The molecule has 1 aromatic heterocycles. The summed E-state index contributed by atoms with van der Waals surface area (Å²) in [7, 11) is 0. The van der Waals surface area contributed by atoms with Gasteiger partial charge >= 0.3 is 0 Å². The molecule has 0 aliphatic carbocycles. The van der Waals surface area contributed by atoms with Crippen LogP contribution in [0.25, 0.3) is 0 Å². The van der Waals surface area contributed by atoms with Crippen LogP contribution in [0.15, 0.2) is 6.33 Å². The lowest BCUT2D eigenvalue weighted by Gasteiger charge is -1.77. The second-order valence-corrected chi connectivity index (χ2v) is 1.56. The van der Waals surface area contributed by atoms with Gasteiger partial charge in [0.05, 0.1) is 0 Å². The van der Waals surface area contributed by atoms with Gasteiger partial charge in [-0.15, -0.1) is 0 Å². The van der Waals surface area contributed by atoms with Crippen molar-refractivity contribution in [2.45, 2.75) is 0 Å². The summed E-state index contributed by atoms with van der Waals surface area (Å²) in [5.74, 6) is 0. The molecular weight excluding hydrogens is 126 g/mol. The number of aromatic nitrogens is 3. The predicted octanol–water partition coefficient (Wildman–Crippen LogP) is -0.0210. The highest BCUT2D eigenvalue weighted by atomic mass is 32.1. The molecule has 0 aliphatic heterocycles. The van der Waals surface area contributed by atoms with E-state index in [9.17, 15) is 4.79 Å². The van der Waals surface area contributed by atoms with E-state index in [2.05, 4.69) is 22.3 Å². The minimum Gasteiger partial charge on any atom is -0.276 e. The van der Waals surface area contributed by atoms with E-state index in [-0.39, 0.29) is 0 Å². The smallest absolute Gasteiger partial charge is 0.233 e. The van der Waals surface area contributed by atoms with E-state index in [0.29, 0.717) is 11.2 Å². The molecule has 0 unspecified atom stereocenters. The van der Waals surface area contributed by atoms with Crippen molar-refractivity contribution in [2.24, 2.45) is 0 Å². The van der Waals surface area contributed by atoms with Gasteiger partial charge in [0.25, 0.3) is 0 Å². The van der Waals surface area contributed by atoms with Crippen molar-refractivity contribution < 1.29 is 4.79 Å². The van der Waals surface area contributed by atoms with Crippen LogP contribution in [0, 0.1) is 4.77 Å². The third-order valence-electron chi connectivity index (χ3n) is 0.638. The lowest BCUT2D eigenvalue weighted by atomic mass is 11.2. The minimum absolute atomic E-state index is 0.317. The van der Waals surface area contributed by atoms with Gasteiger partial charge < -0.3 is 0 Å². The second-order valence-electron chi connectivity index (χ2n) is 1.17. The van der Waals surface area contributed by atoms with E-state index in [4.69, 9.17) is 0 Å².